The van der Waals surface area contributed by atoms with Crippen LogP contribution in [0.25, 0.3) is 10.6 Å². The van der Waals surface area contributed by atoms with Crippen LogP contribution in [-0.2, 0) is 4.79 Å². The van der Waals surface area contributed by atoms with Gasteiger partial charge in [-0.25, -0.2) is 4.98 Å². The number of piperidine rings is 1. The van der Waals surface area contributed by atoms with Gasteiger partial charge in [0.15, 0.2) is 0 Å². The van der Waals surface area contributed by atoms with Crippen molar-refractivity contribution in [3.63, 3.8) is 0 Å². The first-order valence-electron chi connectivity index (χ1n) is 9.66. The highest BCUT2D eigenvalue weighted by molar-refractivity contribution is 7.15. The molecule has 146 valence electrons. The van der Waals surface area contributed by atoms with Gasteiger partial charge in [-0.15, -0.1) is 23.7 Å². The number of amides is 1. The Kier molecular flexibility index (Phi) is 6.56. The number of rotatable bonds is 5. The minimum Gasteiger partial charge on any atom is -0.349 e. The zero-order valence-corrected chi connectivity index (χ0v) is 17.5. The lowest BCUT2D eigenvalue weighted by Gasteiger charge is -2.29. The van der Waals surface area contributed by atoms with Crippen LogP contribution in [0.1, 0.15) is 55.6 Å². The lowest BCUT2D eigenvalue weighted by atomic mass is 9.89. The standard InChI is InChI=1S/C21H27N3OS.ClH/c1-13(20-14(2)23-21(26-20)16-6-4-3-5-7-16)22-19(25)12-15-10-17-8-9-18(11-15)24-17;/h3-7,13,15,17-18,24H,8-12H2,1-2H3,(H,22,25);1H. The van der Waals surface area contributed by atoms with Gasteiger partial charge in [-0.05, 0) is 45.4 Å². The molecule has 1 aromatic heterocycles. The minimum absolute atomic E-state index is 0. The molecule has 0 spiro atoms. The first kappa shape index (κ1) is 20.3. The van der Waals surface area contributed by atoms with Crippen LogP contribution in [0.3, 0.4) is 0 Å². The number of hydrogen-bond acceptors (Lipinski definition) is 4. The quantitative estimate of drug-likeness (QED) is 0.761. The maximum absolute atomic E-state index is 12.6. The molecule has 0 saturated carbocycles. The van der Waals surface area contributed by atoms with E-state index in [1.165, 1.54) is 12.8 Å². The molecule has 3 atom stereocenters. The monoisotopic (exact) mass is 405 g/mol. The molecule has 2 N–H and O–H groups in total. The molecule has 0 radical (unpaired) electrons. The largest absolute Gasteiger partial charge is 0.349 e. The molecule has 1 amide bonds. The Hall–Kier alpha value is -1.43. The van der Waals surface area contributed by atoms with Crippen molar-refractivity contribution in [3.05, 3.63) is 40.9 Å². The lowest BCUT2D eigenvalue weighted by molar-refractivity contribution is -0.122. The number of aromatic nitrogens is 1. The fraction of sp³-hybridized carbons (Fsp3) is 0.524. The number of benzene rings is 1. The van der Waals surface area contributed by atoms with Gasteiger partial charge in [0.2, 0.25) is 5.91 Å². The molecular formula is C21H28ClN3OS. The van der Waals surface area contributed by atoms with Crippen molar-refractivity contribution in [2.45, 2.75) is 64.1 Å². The van der Waals surface area contributed by atoms with Gasteiger partial charge in [0.25, 0.3) is 0 Å². The molecule has 2 saturated heterocycles. The van der Waals surface area contributed by atoms with Gasteiger partial charge >= 0.3 is 0 Å². The van der Waals surface area contributed by atoms with Crippen LogP contribution < -0.4 is 10.6 Å². The highest BCUT2D eigenvalue weighted by Crippen LogP contribution is 2.34. The van der Waals surface area contributed by atoms with E-state index in [1.807, 2.05) is 25.1 Å². The van der Waals surface area contributed by atoms with Gasteiger partial charge in [-0.1, -0.05) is 30.3 Å². The van der Waals surface area contributed by atoms with Crippen LogP contribution in [-0.4, -0.2) is 23.0 Å². The molecule has 2 aliphatic rings. The maximum atomic E-state index is 12.6. The summed E-state index contributed by atoms with van der Waals surface area (Å²) in [6.07, 6.45) is 5.51. The lowest BCUT2D eigenvalue weighted by Crippen LogP contribution is -2.40. The Bertz CT molecular complexity index is 767. The normalized spacial score (nSPS) is 24.9. The molecule has 2 aromatic rings. The van der Waals surface area contributed by atoms with E-state index in [1.54, 1.807) is 11.3 Å². The number of halogens is 1. The molecule has 1 aromatic carbocycles. The van der Waals surface area contributed by atoms with Crippen LogP contribution >= 0.6 is 23.7 Å². The van der Waals surface area contributed by atoms with E-state index in [-0.39, 0.29) is 24.4 Å². The number of carbonyl (C=O) groups is 1. The topological polar surface area (TPSA) is 54.0 Å². The van der Waals surface area contributed by atoms with Gasteiger partial charge in [-0.2, -0.15) is 0 Å². The van der Waals surface area contributed by atoms with Crippen molar-refractivity contribution < 1.29 is 4.79 Å². The van der Waals surface area contributed by atoms with Gasteiger partial charge in [0, 0.05) is 24.1 Å². The molecular weight excluding hydrogens is 378 g/mol. The third kappa shape index (κ3) is 4.71. The fourth-order valence-electron chi connectivity index (χ4n) is 4.48. The van der Waals surface area contributed by atoms with Crippen molar-refractivity contribution >= 4 is 29.7 Å². The van der Waals surface area contributed by atoms with Gasteiger partial charge in [0.1, 0.15) is 5.01 Å². The van der Waals surface area contributed by atoms with Crippen LogP contribution in [0, 0.1) is 12.8 Å². The predicted octanol–water partition coefficient (Wildman–Crippen LogP) is 4.64. The average molecular weight is 406 g/mol. The molecule has 4 rings (SSSR count). The van der Waals surface area contributed by atoms with E-state index in [0.29, 0.717) is 24.4 Å². The number of nitrogens with one attached hydrogen (secondary N) is 2. The summed E-state index contributed by atoms with van der Waals surface area (Å²) in [5.41, 5.74) is 2.15. The maximum Gasteiger partial charge on any atom is 0.220 e. The Morgan fingerprint density at radius 3 is 2.59 bits per heavy atom. The highest BCUT2D eigenvalue weighted by atomic mass is 35.5. The van der Waals surface area contributed by atoms with Crippen LogP contribution in [0.2, 0.25) is 0 Å². The fourth-order valence-corrected chi connectivity index (χ4v) is 5.56. The summed E-state index contributed by atoms with van der Waals surface area (Å²) in [6.45, 7) is 4.10. The third-order valence-electron chi connectivity index (χ3n) is 5.67. The number of carbonyl (C=O) groups excluding carboxylic acids is 1. The van der Waals surface area contributed by atoms with Crippen LogP contribution in [0.5, 0.6) is 0 Å². The van der Waals surface area contributed by atoms with Crippen molar-refractivity contribution in [1.82, 2.24) is 15.6 Å². The van der Waals surface area contributed by atoms with Crippen molar-refractivity contribution in [2.75, 3.05) is 0 Å². The second kappa shape index (κ2) is 8.72. The van der Waals surface area contributed by atoms with E-state index < -0.39 is 0 Å². The van der Waals surface area contributed by atoms with Gasteiger partial charge in [-0.3, -0.25) is 4.79 Å². The second-order valence-electron chi connectivity index (χ2n) is 7.80. The first-order valence-corrected chi connectivity index (χ1v) is 10.5. The minimum atomic E-state index is 0. The summed E-state index contributed by atoms with van der Waals surface area (Å²) < 4.78 is 0. The van der Waals surface area contributed by atoms with Crippen molar-refractivity contribution in [3.8, 4) is 10.6 Å². The average Bonchev–Trinajstić information content (AvgIpc) is 3.18. The summed E-state index contributed by atoms with van der Waals surface area (Å²) in [7, 11) is 0. The Morgan fingerprint density at radius 2 is 1.93 bits per heavy atom. The third-order valence-corrected chi connectivity index (χ3v) is 7.06. The van der Waals surface area contributed by atoms with E-state index >= 15 is 0 Å². The van der Waals surface area contributed by atoms with Gasteiger partial charge in [0.05, 0.1) is 16.6 Å². The second-order valence-corrected chi connectivity index (χ2v) is 8.83. The summed E-state index contributed by atoms with van der Waals surface area (Å²) in [4.78, 5) is 18.4. The molecule has 2 fully saturated rings. The molecule has 3 heterocycles. The molecule has 3 unspecified atom stereocenters. The number of hydrogen-bond donors (Lipinski definition) is 2. The summed E-state index contributed by atoms with van der Waals surface area (Å²) in [6, 6.07) is 11.5. The summed E-state index contributed by atoms with van der Waals surface area (Å²) in [5.74, 6) is 0.709. The SMILES string of the molecule is Cc1nc(-c2ccccc2)sc1C(C)NC(=O)CC1CC2CCC(C1)N2.Cl. The van der Waals surface area contributed by atoms with E-state index in [2.05, 4.69) is 29.7 Å². The number of aryl methyl sites for hydroxylation is 1. The molecule has 2 bridgehead atoms. The molecule has 4 nitrogen and oxygen atoms in total. The van der Waals surface area contributed by atoms with E-state index in [0.717, 1.165) is 34.0 Å². The molecule has 27 heavy (non-hydrogen) atoms. The number of nitrogens with zero attached hydrogens (tertiary/aromatic N) is 1. The first-order chi connectivity index (χ1) is 12.6. The zero-order valence-electron chi connectivity index (χ0n) is 15.9. The van der Waals surface area contributed by atoms with Crippen molar-refractivity contribution in [1.29, 1.82) is 0 Å². The Balaban J connectivity index is 0.00000210. The number of thiazole rings is 1. The van der Waals surface area contributed by atoms with Gasteiger partial charge < -0.3 is 10.6 Å². The van der Waals surface area contributed by atoms with Crippen LogP contribution in [0.15, 0.2) is 30.3 Å². The smallest absolute Gasteiger partial charge is 0.220 e. The van der Waals surface area contributed by atoms with Crippen LogP contribution in [0.4, 0.5) is 0 Å². The Labute approximate surface area is 171 Å². The number of fused-ring (bicyclic) bond motifs is 2. The zero-order chi connectivity index (χ0) is 18.1. The van der Waals surface area contributed by atoms with Crippen molar-refractivity contribution in [2.24, 2.45) is 5.92 Å². The summed E-state index contributed by atoms with van der Waals surface area (Å²) in [5, 5.41) is 7.88. The Morgan fingerprint density at radius 1 is 1.26 bits per heavy atom. The van der Waals surface area contributed by atoms with E-state index in [9.17, 15) is 4.79 Å². The molecule has 2 aliphatic heterocycles. The highest BCUT2D eigenvalue weighted by Gasteiger charge is 2.34. The summed E-state index contributed by atoms with van der Waals surface area (Å²) >= 11 is 1.68. The predicted molar refractivity (Wildman–Crippen MR) is 113 cm³/mol. The van der Waals surface area contributed by atoms with E-state index in [4.69, 9.17) is 4.98 Å². The molecule has 6 heteroatoms. The molecule has 0 aliphatic carbocycles.